The number of anilines is 1. The van der Waals surface area contributed by atoms with Gasteiger partial charge in [-0.25, -0.2) is 4.98 Å². The van der Waals surface area contributed by atoms with Crippen LogP contribution in [-0.2, 0) is 17.4 Å². The first-order valence-corrected chi connectivity index (χ1v) is 7.06. The SMILES string of the molecule is O=C(Cc1ccc(Br)cn1)Nc1ncc(C(F)(F)F)cc1Cl. The lowest BCUT2D eigenvalue weighted by Gasteiger charge is -2.10. The van der Waals surface area contributed by atoms with Crippen molar-refractivity contribution in [3.05, 3.63) is 51.3 Å². The molecule has 2 aromatic heterocycles. The summed E-state index contributed by atoms with van der Waals surface area (Å²) in [5.74, 6) is -0.610. The fourth-order valence-electron chi connectivity index (χ4n) is 1.54. The molecule has 1 N–H and O–H groups in total. The van der Waals surface area contributed by atoms with E-state index in [1.807, 2.05) is 0 Å². The quantitative estimate of drug-likeness (QED) is 0.853. The molecule has 1 amide bonds. The lowest BCUT2D eigenvalue weighted by atomic mass is 10.2. The first-order chi connectivity index (χ1) is 10.3. The van der Waals surface area contributed by atoms with Crippen LogP contribution in [0.2, 0.25) is 5.02 Å². The molecule has 0 fully saturated rings. The number of carbonyl (C=O) groups is 1. The van der Waals surface area contributed by atoms with Crippen LogP contribution in [0.5, 0.6) is 0 Å². The van der Waals surface area contributed by atoms with Crippen molar-refractivity contribution in [1.82, 2.24) is 9.97 Å². The predicted octanol–water partition coefficient (Wildman–Crippen LogP) is 4.09. The van der Waals surface area contributed by atoms with Crippen LogP contribution in [0.3, 0.4) is 0 Å². The van der Waals surface area contributed by atoms with Gasteiger partial charge in [0.15, 0.2) is 5.82 Å². The molecule has 0 unspecified atom stereocenters. The monoisotopic (exact) mass is 393 g/mol. The molecule has 2 aromatic rings. The summed E-state index contributed by atoms with van der Waals surface area (Å²) >= 11 is 8.92. The van der Waals surface area contributed by atoms with Gasteiger partial charge in [0.1, 0.15) is 0 Å². The Bertz CT molecular complexity index is 692. The van der Waals surface area contributed by atoms with Gasteiger partial charge in [0.05, 0.1) is 17.0 Å². The first-order valence-electron chi connectivity index (χ1n) is 5.89. The molecule has 0 saturated carbocycles. The van der Waals surface area contributed by atoms with E-state index in [9.17, 15) is 18.0 Å². The van der Waals surface area contributed by atoms with Crippen LogP contribution in [0.15, 0.2) is 35.1 Å². The Morgan fingerprint density at radius 1 is 1.27 bits per heavy atom. The van der Waals surface area contributed by atoms with E-state index in [0.717, 1.165) is 4.47 Å². The molecular formula is C13H8BrClF3N3O. The average molecular weight is 395 g/mol. The molecule has 0 aliphatic carbocycles. The van der Waals surface area contributed by atoms with Gasteiger partial charge in [-0.2, -0.15) is 13.2 Å². The summed E-state index contributed by atoms with van der Waals surface area (Å²) in [6.07, 6.45) is -2.45. The Morgan fingerprint density at radius 3 is 2.55 bits per heavy atom. The van der Waals surface area contributed by atoms with Gasteiger partial charge in [0.2, 0.25) is 5.91 Å². The number of halogens is 5. The molecule has 0 aliphatic heterocycles. The summed E-state index contributed by atoms with van der Waals surface area (Å²) in [4.78, 5) is 19.4. The highest BCUT2D eigenvalue weighted by molar-refractivity contribution is 9.10. The molecule has 2 rings (SSSR count). The number of aromatic nitrogens is 2. The zero-order valence-corrected chi connectivity index (χ0v) is 13.1. The number of hydrogen-bond acceptors (Lipinski definition) is 3. The van der Waals surface area contributed by atoms with E-state index < -0.39 is 17.6 Å². The van der Waals surface area contributed by atoms with Crippen molar-refractivity contribution in [3.8, 4) is 0 Å². The van der Waals surface area contributed by atoms with Crippen LogP contribution in [0.25, 0.3) is 0 Å². The van der Waals surface area contributed by atoms with Crippen LogP contribution >= 0.6 is 27.5 Å². The summed E-state index contributed by atoms with van der Waals surface area (Å²) in [5.41, 5.74) is -0.478. The van der Waals surface area contributed by atoms with Gasteiger partial charge in [0.25, 0.3) is 0 Å². The normalized spacial score (nSPS) is 11.3. The van der Waals surface area contributed by atoms with E-state index in [-0.39, 0.29) is 17.3 Å². The van der Waals surface area contributed by atoms with E-state index >= 15 is 0 Å². The lowest BCUT2D eigenvalue weighted by Crippen LogP contribution is -2.17. The second-order valence-corrected chi connectivity index (χ2v) is 5.57. The summed E-state index contributed by atoms with van der Waals surface area (Å²) in [6, 6.07) is 4.08. The second kappa shape index (κ2) is 6.62. The minimum Gasteiger partial charge on any atom is -0.309 e. The van der Waals surface area contributed by atoms with E-state index in [1.54, 1.807) is 12.1 Å². The van der Waals surface area contributed by atoms with Crippen molar-refractivity contribution in [1.29, 1.82) is 0 Å². The van der Waals surface area contributed by atoms with Gasteiger partial charge in [-0.1, -0.05) is 11.6 Å². The molecule has 0 spiro atoms. The summed E-state index contributed by atoms with van der Waals surface area (Å²) < 4.78 is 38.2. The highest BCUT2D eigenvalue weighted by atomic mass is 79.9. The van der Waals surface area contributed by atoms with Crippen LogP contribution in [0, 0.1) is 0 Å². The molecule has 22 heavy (non-hydrogen) atoms. The largest absolute Gasteiger partial charge is 0.417 e. The topological polar surface area (TPSA) is 54.9 Å². The molecule has 0 bridgehead atoms. The van der Waals surface area contributed by atoms with Gasteiger partial charge in [-0.3, -0.25) is 9.78 Å². The number of nitrogens with one attached hydrogen (secondary N) is 1. The van der Waals surface area contributed by atoms with Crippen molar-refractivity contribution < 1.29 is 18.0 Å². The number of nitrogens with zero attached hydrogens (tertiary/aromatic N) is 2. The van der Waals surface area contributed by atoms with Crippen LogP contribution in [0.1, 0.15) is 11.3 Å². The molecule has 4 nitrogen and oxygen atoms in total. The van der Waals surface area contributed by atoms with Gasteiger partial charge < -0.3 is 5.32 Å². The van der Waals surface area contributed by atoms with Crippen LogP contribution < -0.4 is 5.32 Å². The minimum atomic E-state index is -4.54. The molecule has 0 saturated heterocycles. The Kier molecular flexibility index (Phi) is 5.02. The van der Waals surface area contributed by atoms with Gasteiger partial charge >= 0.3 is 6.18 Å². The van der Waals surface area contributed by atoms with Crippen LogP contribution in [-0.4, -0.2) is 15.9 Å². The first kappa shape index (κ1) is 16.7. The fraction of sp³-hybridized carbons (Fsp3) is 0.154. The smallest absolute Gasteiger partial charge is 0.309 e. The molecule has 0 radical (unpaired) electrons. The third kappa shape index (κ3) is 4.41. The molecule has 0 aromatic carbocycles. The fourth-order valence-corrected chi connectivity index (χ4v) is 1.98. The van der Waals surface area contributed by atoms with Crippen LogP contribution in [0.4, 0.5) is 19.0 Å². The zero-order chi connectivity index (χ0) is 16.3. The van der Waals surface area contributed by atoms with E-state index in [2.05, 4.69) is 31.2 Å². The zero-order valence-electron chi connectivity index (χ0n) is 10.8. The maximum absolute atomic E-state index is 12.5. The average Bonchev–Trinajstić information content (AvgIpc) is 2.42. The second-order valence-electron chi connectivity index (χ2n) is 4.24. The van der Waals surface area contributed by atoms with Crippen molar-refractivity contribution in [2.75, 3.05) is 5.32 Å². The third-order valence-corrected chi connectivity index (χ3v) is 3.31. The predicted molar refractivity (Wildman–Crippen MR) is 78.5 cm³/mol. The summed E-state index contributed by atoms with van der Waals surface area (Å²) in [7, 11) is 0. The number of hydrogen-bond donors (Lipinski definition) is 1. The van der Waals surface area contributed by atoms with Crippen molar-refractivity contribution >= 4 is 39.3 Å². The molecule has 116 valence electrons. The Labute approximate surface area is 136 Å². The number of amides is 1. The molecule has 9 heteroatoms. The minimum absolute atomic E-state index is 0.0493. The lowest BCUT2D eigenvalue weighted by molar-refractivity contribution is -0.137. The molecule has 2 heterocycles. The Morgan fingerprint density at radius 2 is 2.00 bits per heavy atom. The van der Waals surface area contributed by atoms with E-state index in [4.69, 9.17) is 11.6 Å². The number of pyridine rings is 2. The van der Waals surface area contributed by atoms with Crippen molar-refractivity contribution in [2.45, 2.75) is 12.6 Å². The standard InChI is InChI=1S/C13H8BrClF3N3O/c14-8-1-2-9(19-6-8)4-11(22)21-12-10(15)3-7(5-20-12)13(16,17)18/h1-3,5-6H,4H2,(H,20,21,22). The molecular weight excluding hydrogens is 387 g/mol. The maximum Gasteiger partial charge on any atom is 0.417 e. The summed E-state index contributed by atoms with van der Waals surface area (Å²) in [6.45, 7) is 0. The highest BCUT2D eigenvalue weighted by Crippen LogP contribution is 2.32. The van der Waals surface area contributed by atoms with E-state index in [0.29, 0.717) is 18.0 Å². The van der Waals surface area contributed by atoms with Gasteiger partial charge in [0, 0.05) is 22.6 Å². The summed E-state index contributed by atoms with van der Waals surface area (Å²) in [5, 5.41) is 2.07. The third-order valence-electron chi connectivity index (χ3n) is 2.56. The number of carbonyl (C=O) groups excluding carboxylic acids is 1. The Hall–Kier alpha value is -1.67. The van der Waals surface area contributed by atoms with Crippen molar-refractivity contribution in [3.63, 3.8) is 0 Å². The highest BCUT2D eigenvalue weighted by Gasteiger charge is 2.31. The maximum atomic E-state index is 12.5. The van der Waals surface area contributed by atoms with Gasteiger partial charge in [-0.05, 0) is 34.1 Å². The molecule has 0 atom stereocenters. The van der Waals surface area contributed by atoms with Gasteiger partial charge in [-0.15, -0.1) is 0 Å². The van der Waals surface area contributed by atoms with E-state index in [1.165, 1.54) is 6.20 Å². The number of alkyl halides is 3. The van der Waals surface area contributed by atoms with Crippen molar-refractivity contribution in [2.24, 2.45) is 0 Å². The Balaban J connectivity index is 2.07. The molecule has 0 aliphatic rings. The number of rotatable bonds is 3.